The highest BCUT2D eigenvalue weighted by atomic mass is 16.6. The predicted octanol–water partition coefficient (Wildman–Crippen LogP) is 3.39. The molecule has 49 heavy (non-hydrogen) atoms. The molecule has 1 aromatic heterocycles. The summed E-state index contributed by atoms with van der Waals surface area (Å²) in [6.07, 6.45) is 10.8. The van der Waals surface area contributed by atoms with Crippen molar-refractivity contribution < 1.29 is 52.5 Å². The van der Waals surface area contributed by atoms with Crippen molar-refractivity contribution in [1.82, 2.24) is 0 Å². The van der Waals surface area contributed by atoms with Crippen molar-refractivity contribution in [2.45, 2.75) is 96.2 Å². The van der Waals surface area contributed by atoms with Crippen molar-refractivity contribution in [3.8, 4) is 0 Å². The molecule has 3 aliphatic carbocycles. The molecule has 3 heterocycles. The molecule has 1 N–H and O–H groups in total. The summed E-state index contributed by atoms with van der Waals surface area (Å²) in [6.45, 7) is 8.81. The molecule has 11 nitrogen and oxygen atoms in total. The summed E-state index contributed by atoms with van der Waals surface area (Å²) in [5.41, 5.74) is 0.935. The molecule has 1 spiro atoms. The molecule has 0 aromatic carbocycles. The number of aromatic nitrogens is 1. The Labute approximate surface area is 286 Å². The number of nitrogens with zero attached hydrogens (tertiary/aromatic N) is 1. The molecule has 2 fully saturated rings. The molecule has 262 valence electrons. The summed E-state index contributed by atoms with van der Waals surface area (Å²) in [5, 5.41) is 11.9. The normalized spacial score (nSPS) is 38.0. The Balaban J connectivity index is 1.28. The van der Waals surface area contributed by atoms with Crippen LogP contribution in [0.4, 0.5) is 0 Å². The van der Waals surface area contributed by atoms with Crippen LogP contribution in [-0.2, 0) is 44.6 Å². The third-order valence-electron chi connectivity index (χ3n) is 11.1. The van der Waals surface area contributed by atoms with Crippen LogP contribution in [0.25, 0.3) is 0 Å². The van der Waals surface area contributed by atoms with E-state index in [0.717, 1.165) is 5.57 Å². The molecule has 5 aliphatic rings. The first kappa shape index (κ1) is 34.9. The van der Waals surface area contributed by atoms with Gasteiger partial charge in [0, 0.05) is 60.0 Å². The number of esters is 3. The van der Waals surface area contributed by atoms with E-state index in [4.69, 9.17) is 23.7 Å². The zero-order valence-corrected chi connectivity index (χ0v) is 28.8. The number of carbonyl (C=O) groups is 4. The fourth-order valence-corrected chi connectivity index (χ4v) is 8.54. The van der Waals surface area contributed by atoms with Crippen LogP contribution >= 0.6 is 0 Å². The Morgan fingerprint density at radius 3 is 2.55 bits per heavy atom. The van der Waals surface area contributed by atoms with Crippen molar-refractivity contribution in [2.24, 2.45) is 29.6 Å². The van der Waals surface area contributed by atoms with Gasteiger partial charge in [-0.15, -0.1) is 0 Å². The maximum atomic E-state index is 13.7. The van der Waals surface area contributed by atoms with Gasteiger partial charge in [0.2, 0.25) is 6.54 Å². The number of ether oxygens (including phenoxy) is 5. The predicted molar refractivity (Wildman–Crippen MR) is 175 cm³/mol. The minimum atomic E-state index is -1.01. The van der Waals surface area contributed by atoms with Gasteiger partial charge in [-0.25, -0.2) is 14.4 Å². The van der Waals surface area contributed by atoms with E-state index >= 15 is 0 Å². The zero-order chi connectivity index (χ0) is 35.2. The molecule has 2 aliphatic heterocycles. The average Bonchev–Trinajstić information content (AvgIpc) is 3.67. The average molecular weight is 677 g/mol. The van der Waals surface area contributed by atoms with E-state index in [-0.39, 0.29) is 36.5 Å². The Kier molecular flexibility index (Phi) is 9.81. The minimum Gasteiger partial charge on any atom is -0.456 e. The SMILES string of the molecule is CO[C@H]1CC2C=C[C@H]3[C@H]4O[C@]2(/C(C)=C/[C@@H](C)[C@@H]([C@@H](C)OC(=O)C[n+]2ccc(C(C)=O)cc2)OC1=O)[C@@H]3[C@H](O)[C@@H](C)[C@H]4OC(=O)C1=CC=CC1. The van der Waals surface area contributed by atoms with Crippen LogP contribution in [0.5, 0.6) is 0 Å². The van der Waals surface area contributed by atoms with Crippen LogP contribution in [0.2, 0.25) is 0 Å². The lowest BCUT2D eigenvalue weighted by Gasteiger charge is -2.49. The van der Waals surface area contributed by atoms with Crippen LogP contribution in [0.3, 0.4) is 0 Å². The van der Waals surface area contributed by atoms with Gasteiger partial charge >= 0.3 is 17.9 Å². The number of hydrogen-bond acceptors (Lipinski definition) is 10. The van der Waals surface area contributed by atoms with Crippen molar-refractivity contribution in [2.75, 3.05) is 7.11 Å². The number of ketones is 1. The highest BCUT2D eigenvalue weighted by molar-refractivity contribution is 5.93. The number of aliphatic hydroxyl groups excluding tert-OH is 1. The van der Waals surface area contributed by atoms with Crippen LogP contribution in [0.1, 0.15) is 57.8 Å². The van der Waals surface area contributed by atoms with E-state index in [2.05, 4.69) is 0 Å². The van der Waals surface area contributed by atoms with Gasteiger partial charge in [-0.1, -0.05) is 50.3 Å². The largest absolute Gasteiger partial charge is 0.456 e. The maximum Gasteiger partial charge on any atom is 0.373 e. The molecule has 1 saturated heterocycles. The topological polar surface area (TPSA) is 139 Å². The van der Waals surface area contributed by atoms with E-state index in [9.17, 15) is 24.3 Å². The van der Waals surface area contributed by atoms with E-state index < -0.39 is 72.0 Å². The van der Waals surface area contributed by atoms with Crippen molar-refractivity contribution in [3.05, 3.63) is 77.7 Å². The Morgan fingerprint density at radius 2 is 1.90 bits per heavy atom. The quantitative estimate of drug-likeness (QED) is 0.143. The second-order valence-corrected chi connectivity index (χ2v) is 14.1. The van der Waals surface area contributed by atoms with E-state index in [1.807, 2.05) is 51.2 Å². The fourth-order valence-electron chi connectivity index (χ4n) is 8.54. The molecular formula is C38H46NO10+. The molecule has 6 rings (SSSR count). The lowest BCUT2D eigenvalue weighted by atomic mass is 9.57. The molecule has 11 heteroatoms. The standard InChI is InChI=1S/C38H46NO10/c1-20-17-21(2)38-27(11-12-28-31(38)32(42)22(3)34(35(28)49-38)48-36(43)26-9-7-8-10-26)18-29(45-6)37(44)47-33(20)24(5)46-30(41)19-39-15-13-25(14-16-39)23(4)40/h7-9,11-17,20,22,24,27-29,31-35,42H,10,18-19H2,1-6H3/q+1/b21-17+/t20-,22-,24-,27?,28-,29+,31+,32-,33+,34-,35-,38+/m1/s1. The number of methoxy groups -OCH3 is 1. The summed E-state index contributed by atoms with van der Waals surface area (Å²) < 4.78 is 32.3. The molecule has 12 atom stereocenters. The van der Waals surface area contributed by atoms with E-state index in [0.29, 0.717) is 17.6 Å². The first-order valence-corrected chi connectivity index (χ1v) is 17.1. The molecular weight excluding hydrogens is 630 g/mol. The molecule has 0 amide bonds. The summed E-state index contributed by atoms with van der Waals surface area (Å²) in [6, 6.07) is 3.27. The molecule has 1 aromatic rings. The van der Waals surface area contributed by atoms with Crippen molar-refractivity contribution in [1.29, 1.82) is 0 Å². The first-order chi connectivity index (χ1) is 23.3. The molecule has 0 radical (unpaired) electrons. The Morgan fingerprint density at radius 1 is 1.16 bits per heavy atom. The highest BCUT2D eigenvalue weighted by Crippen LogP contribution is 2.61. The van der Waals surface area contributed by atoms with Crippen LogP contribution in [-0.4, -0.2) is 78.1 Å². The summed E-state index contributed by atoms with van der Waals surface area (Å²) in [5.74, 6) is -3.38. The number of rotatable bonds is 8. The number of hydrogen-bond donors (Lipinski definition) is 1. The number of carbonyl (C=O) groups excluding carboxylic acids is 4. The van der Waals surface area contributed by atoms with Gasteiger partial charge < -0.3 is 28.8 Å². The lowest BCUT2D eigenvalue weighted by Crippen LogP contribution is -2.57. The maximum absolute atomic E-state index is 13.7. The summed E-state index contributed by atoms with van der Waals surface area (Å²) in [4.78, 5) is 51.4. The smallest absolute Gasteiger partial charge is 0.373 e. The number of cyclic esters (lactones) is 1. The van der Waals surface area contributed by atoms with Gasteiger partial charge in [0.1, 0.15) is 30.0 Å². The van der Waals surface area contributed by atoms with Gasteiger partial charge in [0.05, 0.1) is 6.10 Å². The van der Waals surface area contributed by atoms with Gasteiger partial charge in [-0.3, -0.25) is 4.79 Å². The van der Waals surface area contributed by atoms with Crippen LogP contribution in [0.15, 0.2) is 72.1 Å². The van der Waals surface area contributed by atoms with Gasteiger partial charge in [-0.2, -0.15) is 4.57 Å². The van der Waals surface area contributed by atoms with Crippen LogP contribution < -0.4 is 4.57 Å². The van der Waals surface area contributed by atoms with Crippen LogP contribution in [0, 0.1) is 29.6 Å². The van der Waals surface area contributed by atoms with E-state index in [1.165, 1.54) is 14.0 Å². The van der Waals surface area contributed by atoms with Gasteiger partial charge in [0.25, 0.3) is 0 Å². The monoisotopic (exact) mass is 676 g/mol. The van der Waals surface area contributed by atoms with E-state index in [1.54, 1.807) is 42.1 Å². The number of aliphatic hydroxyl groups is 1. The summed E-state index contributed by atoms with van der Waals surface area (Å²) in [7, 11) is 1.45. The second-order valence-electron chi connectivity index (χ2n) is 14.1. The Bertz CT molecular complexity index is 1610. The number of pyridine rings is 1. The minimum absolute atomic E-state index is 0.0767. The van der Waals surface area contributed by atoms with Gasteiger partial charge in [0.15, 0.2) is 24.3 Å². The first-order valence-electron chi connectivity index (χ1n) is 17.1. The van der Waals surface area contributed by atoms with Gasteiger partial charge in [-0.05, 0) is 39.2 Å². The Hall–Kier alpha value is -3.93. The fraction of sp³-hybridized carbons (Fsp3) is 0.553. The third-order valence-corrected chi connectivity index (χ3v) is 11.1. The molecule has 4 bridgehead atoms. The third kappa shape index (κ3) is 6.32. The lowest BCUT2D eigenvalue weighted by molar-refractivity contribution is -0.686. The highest BCUT2D eigenvalue weighted by Gasteiger charge is 2.69. The molecule has 1 saturated carbocycles. The number of Topliss-reactive ketones (excluding diaryl/α,β-unsaturated/α-hetero) is 1. The van der Waals surface area contributed by atoms with Crippen molar-refractivity contribution >= 4 is 23.7 Å². The number of allylic oxidation sites excluding steroid dienone is 3. The molecule has 1 unspecified atom stereocenters. The second kappa shape index (κ2) is 13.8. The zero-order valence-electron chi connectivity index (χ0n) is 28.8. The van der Waals surface area contributed by atoms with Crippen molar-refractivity contribution in [3.63, 3.8) is 0 Å². The summed E-state index contributed by atoms with van der Waals surface area (Å²) >= 11 is 0.